The van der Waals surface area contributed by atoms with E-state index in [4.69, 9.17) is 21.7 Å². The van der Waals surface area contributed by atoms with E-state index in [1.165, 1.54) is 17.0 Å². The van der Waals surface area contributed by atoms with Crippen molar-refractivity contribution in [3.05, 3.63) is 54.3 Å². The zero-order chi connectivity index (χ0) is 19.1. The van der Waals surface area contributed by atoms with Crippen LogP contribution in [0, 0.1) is 5.82 Å². The van der Waals surface area contributed by atoms with Crippen molar-refractivity contribution in [1.82, 2.24) is 4.90 Å². The molecule has 3 rings (SSSR count). The minimum absolute atomic E-state index is 0.249. The Morgan fingerprint density at radius 2 is 1.70 bits per heavy atom. The van der Waals surface area contributed by atoms with Crippen molar-refractivity contribution < 1.29 is 18.8 Å². The van der Waals surface area contributed by atoms with Gasteiger partial charge in [0, 0.05) is 5.69 Å². The van der Waals surface area contributed by atoms with Gasteiger partial charge in [-0.05, 0) is 60.7 Å². The molecule has 0 aromatic heterocycles. The van der Waals surface area contributed by atoms with E-state index in [0.717, 1.165) is 49.9 Å². The fourth-order valence-corrected chi connectivity index (χ4v) is 3.30. The lowest BCUT2D eigenvalue weighted by Crippen LogP contribution is -3.15. The Balaban J connectivity index is 1.36. The molecule has 0 unspecified atom stereocenters. The molecule has 5 nitrogen and oxygen atoms in total. The van der Waals surface area contributed by atoms with Gasteiger partial charge in [-0.2, -0.15) is 0 Å². The Morgan fingerprint density at radius 3 is 2.33 bits per heavy atom. The van der Waals surface area contributed by atoms with Crippen molar-refractivity contribution in [2.75, 3.05) is 51.8 Å². The Morgan fingerprint density at radius 1 is 1.07 bits per heavy atom. The van der Waals surface area contributed by atoms with Crippen LogP contribution in [0.5, 0.6) is 11.5 Å². The Labute approximate surface area is 164 Å². The van der Waals surface area contributed by atoms with E-state index in [-0.39, 0.29) is 5.82 Å². The van der Waals surface area contributed by atoms with Crippen LogP contribution in [0.1, 0.15) is 0 Å². The molecule has 0 aliphatic carbocycles. The van der Waals surface area contributed by atoms with Crippen LogP contribution in [-0.2, 0) is 0 Å². The maximum atomic E-state index is 13.0. The predicted octanol–water partition coefficient (Wildman–Crippen LogP) is 1.81. The first kappa shape index (κ1) is 19.4. The highest BCUT2D eigenvalue weighted by molar-refractivity contribution is 7.80. The third-order valence-corrected chi connectivity index (χ3v) is 5.00. The maximum absolute atomic E-state index is 13.0. The van der Waals surface area contributed by atoms with Gasteiger partial charge in [0.15, 0.2) is 5.11 Å². The van der Waals surface area contributed by atoms with Crippen molar-refractivity contribution in [2.24, 2.45) is 0 Å². The molecule has 1 aliphatic rings. The Hall–Kier alpha value is -2.38. The van der Waals surface area contributed by atoms with Gasteiger partial charge in [0.05, 0.1) is 33.3 Å². The van der Waals surface area contributed by atoms with Crippen LogP contribution >= 0.6 is 12.2 Å². The summed E-state index contributed by atoms with van der Waals surface area (Å²) in [7, 11) is 1.65. The third kappa shape index (κ3) is 5.80. The SMILES string of the molecule is COc1ccc(OCC[NH+]2CCN(C(=S)Nc3ccc(F)cc3)CC2)cc1. The lowest BCUT2D eigenvalue weighted by Gasteiger charge is -2.33. The van der Waals surface area contributed by atoms with Crippen LogP contribution in [0.3, 0.4) is 0 Å². The third-order valence-electron chi connectivity index (χ3n) is 4.64. The first-order valence-corrected chi connectivity index (χ1v) is 9.47. The van der Waals surface area contributed by atoms with Crippen molar-refractivity contribution in [2.45, 2.75) is 0 Å². The molecule has 0 spiro atoms. The van der Waals surface area contributed by atoms with Gasteiger partial charge in [-0.25, -0.2) is 4.39 Å². The number of methoxy groups -OCH3 is 1. The molecule has 1 heterocycles. The summed E-state index contributed by atoms with van der Waals surface area (Å²) in [6.07, 6.45) is 0. The average Bonchev–Trinajstić information content (AvgIpc) is 2.71. The average molecular weight is 391 g/mol. The smallest absolute Gasteiger partial charge is 0.173 e. The summed E-state index contributed by atoms with van der Waals surface area (Å²) in [5, 5.41) is 3.86. The fraction of sp³-hybridized carbons (Fsp3) is 0.350. The van der Waals surface area contributed by atoms with Crippen LogP contribution in [-0.4, -0.2) is 56.5 Å². The van der Waals surface area contributed by atoms with Crippen LogP contribution < -0.4 is 19.7 Å². The summed E-state index contributed by atoms with van der Waals surface area (Å²) in [5.74, 6) is 1.44. The van der Waals surface area contributed by atoms with Gasteiger partial charge < -0.3 is 24.6 Å². The van der Waals surface area contributed by atoms with E-state index in [1.807, 2.05) is 24.3 Å². The monoisotopic (exact) mass is 390 g/mol. The molecule has 1 fully saturated rings. The van der Waals surface area contributed by atoms with Crippen molar-refractivity contribution >= 4 is 23.0 Å². The zero-order valence-corrected chi connectivity index (χ0v) is 16.2. The molecule has 2 aromatic carbocycles. The highest BCUT2D eigenvalue weighted by Gasteiger charge is 2.21. The van der Waals surface area contributed by atoms with Gasteiger partial charge in [-0.15, -0.1) is 0 Å². The number of halogens is 1. The number of hydrogen-bond donors (Lipinski definition) is 2. The summed E-state index contributed by atoms with van der Waals surface area (Å²) in [4.78, 5) is 3.66. The molecule has 1 saturated heterocycles. The van der Waals surface area contributed by atoms with E-state index in [1.54, 1.807) is 19.2 Å². The molecular formula is C20H25FN3O2S+. The van der Waals surface area contributed by atoms with Gasteiger partial charge in [-0.3, -0.25) is 0 Å². The van der Waals surface area contributed by atoms with E-state index in [9.17, 15) is 4.39 Å². The van der Waals surface area contributed by atoms with Gasteiger partial charge in [-0.1, -0.05) is 0 Å². The lowest BCUT2D eigenvalue weighted by molar-refractivity contribution is -0.903. The molecule has 144 valence electrons. The number of quaternary nitrogens is 1. The number of piperazine rings is 1. The largest absolute Gasteiger partial charge is 0.497 e. The van der Waals surface area contributed by atoms with Crippen LogP contribution in [0.2, 0.25) is 0 Å². The lowest BCUT2D eigenvalue weighted by atomic mass is 10.3. The molecule has 0 radical (unpaired) electrons. The topological polar surface area (TPSA) is 38.2 Å². The summed E-state index contributed by atoms with van der Waals surface area (Å²) >= 11 is 5.48. The quantitative estimate of drug-likeness (QED) is 0.736. The second-order valence-electron chi connectivity index (χ2n) is 6.45. The minimum Gasteiger partial charge on any atom is -0.497 e. The summed E-state index contributed by atoms with van der Waals surface area (Å²) < 4.78 is 23.9. The predicted molar refractivity (Wildman–Crippen MR) is 108 cm³/mol. The van der Waals surface area contributed by atoms with E-state index >= 15 is 0 Å². The number of rotatable bonds is 6. The fourth-order valence-electron chi connectivity index (χ4n) is 3.00. The highest BCUT2D eigenvalue weighted by atomic mass is 32.1. The molecule has 0 bridgehead atoms. The maximum Gasteiger partial charge on any atom is 0.173 e. The van der Waals surface area contributed by atoms with Crippen LogP contribution in [0.25, 0.3) is 0 Å². The van der Waals surface area contributed by atoms with Crippen molar-refractivity contribution in [3.8, 4) is 11.5 Å². The molecule has 2 N–H and O–H groups in total. The molecule has 0 saturated carbocycles. The van der Waals surface area contributed by atoms with Crippen molar-refractivity contribution in [1.29, 1.82) is 0 Å². The molecule has 0 amide bonds. The van der Waals surface area contributed by atoms with Gasteiger partial charge in [0.1, 0.15) is 30.5 Å². The van der Waals surface area contributed by atoms with Crippen LogP contribution in [0.15, 0.2) is 48.5 Å². The first-order valence-electron chi connectivity index (χ1n) is 9.06. The van der Waals surface area contributed by atoms with Gasteiger partial charge in [0.2, 0.25) is 0 Å². The number of ether oxygens (including phenoxy) is 2. The first-order chi connectivity index (χ1) is 13.1. The second kappa shape index (κ2) is 9.53. The number of anilines is 1. The van der Waals surface area contributed by atoms with Gasteiger partial charge in [0.25, 0.3) is 0 Å². The molecular weight excluding hydrogens is 365 g/mol. The molecule has 7 heteroatoms. The molecule has 27 heavy (non-hydrogen) atoms. The number of benzene rings is 2. The normalized spacial score (nSPS) is 14.7. The second-order valence-corrected chi connectivity index (χ2v) is 6.83. The highest BCUT2D eigenvalue weighted by Crippen LogP contribution is 2.16. The van der Waals surface area contributed by atoms with E-state index in [0.29, 0.717) is 11.7 Å². The standard InChI is InChI=1S/C20H24FN3O2S/c1-25-18-6-8-19(9-7-18)26-15-14-23-10-12-24(13-11-23)20(27)22-17-4-2-16(21)3-5-17/h2-9H,10-15H2,1H3,(H,22,27)/p+1. The molecule has 2 aromatic rings. The Kier molecular flexibility index (Phi) is 6.84. The zero-order valence-electron chi connectivity index (χ0n) is 15.4. The number of thiocarbonyl (C=S) groups is 1. The molecule has 1 aliphatic heterocycles. The number of nitrogens with one attached hydrogen (secondary N) is 2. The Bertz CT molecular complexity index is 732. The van der Waals surface area contributed by atoms with Crippen LogP contribution in [0.4, 0.5) is 10.1 Å². The van der Waals surface area contributed by atoms with E-state index in [2.05, 4.69) is 10.2 Å². The summed E-state index contributed by atoms with van der Waals surface area (Å²) in [5.41, 5.74) is 0.809. The number of nitrogens with zero attached hydrogens (tertiary/aromatic N) is 1. The molecule has 0 atom stereocenters. The number of hydrogen-bond acceptors (Lipinski definition) is 3. The summed E-state index contributed by atoms with van der Waals surface area (Å²) in [6.45, 7) is 5.45. The minimum atomic E-state index is -0.249. The van der Waals surface area contributed by atoms with E-state index < -0.39 is 0 Å². The van der Waals surface area contributed by atoms with Crippen molar-refractivity contribution in [3.63, 3.8) is 0 Å². The summed E-state index contributed by atoms with van der Waals surface area (Å²) in [6, 6.07) is 13.9. The van der Waals surface area contributed by atoms with Gasteiger partial charge >= 0.3 is 0 Å².